The van der Waals surface area contributed by atoms with Crippen molar-refractivity contribution in [1.29, 1.82) is 0 Å². The van der Waals surface area contributed by atoms with E-state index in [0.29, 0.717) is 0 Å². The van der Waals surface area contributed by atoms with E-state index in [4.69, 9.17) is 4.98 Å². The zero-order chi connectivity index (χ0) is 23.2. The molecule has 0 saturated heterocycles. The second-order valence-electron chi connectivity index (χ2n) is 8.31. The van der Waals surface area contributed by atoms with E-state index in [0.717, 1.165) is 48.8 Å². The number of anilines is 3. The van der Waals surface area contributed by atoms with Crippen LogP contribution in [-0.4, -0.2) is 21.3 Å². The van der Waals surface area contributed by atoms with Crippen LogP contribution in [0.15, 0.2) is 94.2 Å². The first-order chi connectivity index (χ1) is 16.6. The van der Waals surface area contributed by atoms with Gasteiger partial charge in [0, 0.05) is 38.3 Å². The molecule has 3 aromatic carbocycles. The summed E-state index contributed by atoms with van der Waals surface area (Å²) in [4.78, 5) is 23.6. The Balaban J connectivity index is 1.29. The molecule has 5 aromatic rings. The summed E-state index contributed by atoms with van der Waals surface area (Å²) in [6, 6.07) is 24.0. The van der Waals surface area contributed by atoms with Gasteiger partial charge < -0.3 is 10.2 Å². The first kappa shape index (κ1) is 21.0. The molecule has 2 aromatic heterocycles. The minimum absolute atomic E-state index is 0.0599. The van der Waals surface area contributed by atoms with E-state index < -0.39 is 6.04 Å². The number of fused-ring (bicyclic) bond motifs is 3. The highest BCUT2D eigenvalue weighted by Crippen LogP contribution is 2.48. The lowest BCUT2D eigenvalue weighted by molar-refractivity contribution is -0.117. The molecular weight excluding hydrogens is 460 g/mol. The van der Waals surface area contributed by atoms with Crippen molar-refractivity contribution < 1.29 is 4.79 Å². The van der Waals surface area contributed by atoms with E-state index in [1.165, 1.54) is 0 Å². The molecule has 0 radical (unpaired) electrons. The third-order valence-corrected chi connectivity index (χ3v) is 8.14. The topological polar surface area (TPSA) is 49.6 Å². The van der Waals surface area contributed by atoms with Crippen LogP contribution in [0.4, 0.5) is 17.1 Å². The van der Waals surface area contributed by atoms with Crippen molar-refractivity contribution in [3.05, 3.63) is 90.1 Å². The molecule has 6 rings (SSSR count). The van der Waals surface area contributed by atoms with Crippen LogP contribution in [0.1, 0.15) is 12.6 Å². The lowest BCUT2D eigenvalue weighted by atomic mass is 10.1. The minimum atomic E-state index is -0.396. The van der Waals surface area contributed by atoms with Crippen LogP contribution in [0.5, 0.6) is 0 Å². The maximum atomic E-state index is 13.4. The van der Waals surface area contributed by atoms with Gasteiger partial charge >= 0.3 is 0 Å². The molecule has 1 aliphatic heterocycles. The molecule has 0 spiro atoms. The number of carbonyl (C=O) groups is 1. The van der Waals surface area contributed by atoms with Crippen molar-refractivity contribution in [2.75, 3.05) is 10.2 Å². The van der Waals surface area contributed by atoms with Crippen molar-refractivity contribution in [3.63, 3.8) is 0 Å². The Bertz CT molecular complexity index is 1490. The largest absolute Gasteiger partial charge is 0.327 e. The molecule has 0 bridgehead atoms. The molecule has 1 N–H and O–H groups in total. The molecule has 0 aliphatic carbocycles. The van der Waals surface area contributed by atoms with Crippen LogP contribution in [0.25, 0.3) is 16.2 Å². The summed E-state index contributed by atoms with van der Waals surface area (Å²) in [6.45, 7) is 4.03. The van der Waals surface area contributed by atoms with Gasteiger partial charge in [-0.25, -0.2) is 4.98 Å². The van der Waals surface area contributed by atoms with E-state index in [1.54, 1.807) is 23.1 Å². The number of hydrogen-bond donors (Lipinski definition) is 1. The molecule has 7 heteroatoms. The predicted molar refractivity (Wildman–Crippen MR) is 140 cm³/mol. The Kier molecular flexibility index (Phi) is 5.16. The third-order valence-electron chi connectivity index (χ3n) is 6.05. The first-order valence-electron chi connectivity index (χ1n) is 11.1. The monoisotopic (exact) mass is 482 g/mol. The number of amides is 1. The summed E-state index contributed by atoms with van der Waals surface area (Å²) in [6.07, 6.45) is 2.05. The second-order valence-corrected chi connectivity index (χ2v) is 10.2. The molecule has 1 amide bonds. The van der Waals surface area contributed by atoms with Gasteiger partial charge in [-0.3, -0.25) is 9.20 Å². The number of para-hydroxylation sites is 2. The van der Waals surface area contributed by atoms with E-state index in [-0.39, 0.29) is 5.91 Å². The highest BCUT2D eigenvalue weighted by Gasteiger charge is 2.30. The van der Waals surface area contributed by atoms with E-state index >= 15 is 0 Å². The molecule has 1 aliphatic rings. The van der Waals surface area contributed by atoms with Gasteiger partial charge in [-0.2, -0.15) is 0 Å². The van der Waals surface area contributed by atoms with Crippen LogP contribution >= 0.6 is 23.1 Å². The van der Waals surface area contributed by atoms with E-state index in [9.17, 15) is 4.79 Å². The number of nitrogens with zero attached hydrogens (tertiary/aromatic N) is 3. The molecule has 0 fully saturated rings. The summed E-state index contributed by atoms with van der Waals surface area (Å²) in [5.74, 6) is -0.0599. The van der Waals surface area contributed by atoms with Gasteiger partial charge in [0.2, 0.25) is 5.91 Å². The van der Waals surface area contributed by atoms with Crippen molar-refractivity contribution >= 4 is 51.0 Å². The molecule has 34 heavy (non-hydrogen) atoms. The van der Waals surface area contributed by atoms with Crippen LogP contribution in [0.2, 0.25) is 0 Å². The number of benzene rings is 3. The van der Waals surface area contributed by atoms with Crippen molar-refractivity contribution in [1.82, 2.24) is 9.38 Å². The van der Waals surface area contributed by atoms with Crippen molar-refractivity contribution in [3.8, 4) is 11.3 Å². The van der Waals surface area contributed by atoms with Gasteiger partial charge in [0.25, 0.3) is 0 Å². The maximum Gasteiger partial charge on any atom is 0.247 e. The Hall–Kier alpha value is -3.55. The average molecular weight is 483 g/mol. The number of aryl methyl sites for hydroxylation is 1. The summed E-state index contributed by atoms with van der Waals surface area (Å²) in [5, 5.41) is 5.23. The summed E-state index contributed by atoms with van der Waals surface area (Å²) < 4.78 is 2.09. The Morgan fingerprint density at radius 1 is 0.971 bits per heavy atom. The highest BCUT2D eigenvalue weighted by atomic mass is 32.2. The van der Waals surface area contributed by atoms with Crippen LogP contribution in [0, 0.1) is 6.92 Å². The van der Waals surface area contributed by atoms with Gasteiger partial charge in [0.1, 0.15) is 6.04 Å². The average Bonchev–Trinajstić information content (AvgIpc) is 3.44. The van der Waals surface area contributed by atoms with Crippen molar-refractivity contribution in [2.24, 2.45) is 0 Å². The lowest BCUT2D eigenvalue weighted by Gasteiger charge is -2.36. The number of rotatable bonds is 4. The van der Waals surface area contributed by atoms with Crippen molar-refractivity contribution in [2.45, 2.75) is 29.7 Å². The molecule has 3 heterocycles. The normalized spacial score (nSPS) is 13.4. The fourth-order valence-electron chi connectivity index (χ4n) is 4.30. The SMILES string of the molecule is Cc1csc2nc(-c3cccc(NC(=O)C(C)N4c5ccccc5Sc5ccccc54)c3)cn12. The molecule has 0 saturated carbocycles. The quantitative estimate of drug-likeness (QED) is 0.300. The number of thiazole rings is 1. The Morgan fingerprint density at radius 2 is 1.68 bits per heavy atom. The number of carbonyl (C=O) groups excluding carboxylic acids is 1. The summed E-state index contributed by atoms with van der Waals surface area (Å²) in [5.41, 5.74) is 5.90. The zero-order valence-corrected chi connectivity index (χ0v) is 20.4. The number of imidazole rings is 1. The molecule has 168 valence electrons. The Morgan fingerprint density at radius 3 is 2.38 bits per heavy atom. The Labute approximate surface area is 206 Å². The van der Waals surface area contributed by atoms with Gasteiger partial charge in [-0.1, -0.05) is 48.2 Å². The van der Waals surface area contributed by atoms with Gasteiger partial charge in [-0.15, -0.1) is 11.3 Å². The standard InChI is InChI=1S/C27H22N4OS2/c1-17-16-33-27-29-21(15-30(17)27)19-8-7-9-20(14-19)28-26(32)18(2)31-22-10-3-5-12-24(22)34-25-13-6-4-11-23(25)31/h3-16,18H,1-2H3,(H,28,32). The molecular formula is C27H22N4OS2. The lowest BCUT2D eigenvalue weighted by Crippen LogP contribution is -2.40. The molecule has 1 unspecified atom stereocenters. The number of hydrogen-bond acceptors (Lipinski definition) is 5. The molecule has 1 atom stereocenters. The van der Waals surface area contributed by atoms with E-state index in [1.807, 2.05) is 61.7 Å². The molecule has 5 nitrogen and oxygen atoms in total. The van der Waals surface area contributed by atoms with E-state index in [2.05, 4.69) is 51.2 Å². The van der Waals surface area contributed by atoms with Gasteiger partial charge in [0.05, 0.1) is 17.1 Å². The fourth-order valence-corrected chi connectivity index (χ4v) is 6.23. The van der Waals surface area contributed by atoms with Gasteiger partial charge in [-0.05, 0) is 50.2 Å². The maximum absolute atomic E-state index is 13.4. The van der Waals surface area contributed by atoms with Gasteiger partial charge in [0.15, 0.2) is 4.96 Å². The van der Waals surface area contributed by atoms with Crippen LogP contribution in [-0.2, 0) is 4.79 Å². The summed E-state index contributed by atoms with van der Waals surface area (Å²) in [7, 11) is 0. The summed E-state index contributed by atoms with van der Waals surface area (Å²) >= 11 is 3.37. The first-order valence-corrected chi connectivity index (χ1v) is 12.8. The minimum Gasteiger partial charge on any atom is -0.327 e. The van der Waals surface area contributed by atoms with Crippen LogP contribution < -0.4 is 10.2 Å². The zero-order valence-electron chi connectivity index (χ0n) is 18.7. The van der Waals surface area contributed by atoms with Crippen LogP contribution in [0.3, 0.4) is 0 Å². The number of nitrogens with one attached hydrogen (secondary N) is 1. The predicted octanol–water partition coefficient (Wildman–Crippen LogP) is 7.00. The smallest absolute Gasteiger partial charge is 0.247 e. The fraction of sp³-hybridized carbons (Fsp3) is 0.111. The number of aromatic nitrogens is 2. The second kappa shape index (κ2) is 8.34. The highest BCUT2D eigenvalue weighted by molar-refractivity contribution is 7.99. The third kappa shape index (κ3) is 3.57.